The first-order valence-electron chi connectivity index (χ1n) is 4.39. The van der Waals surface area contributed by atoms with Gasteiger partial charge in [-0.15, -0.1) is 11.3 Å². The van der Waals surface area contributed by atoms with E-state index in [-0.39, 0.29) is 5.82 Å². The summed E-state index contributed by atoms with van der Waals surface area (Å²) < 4.78 is 14.5. The van der Waals surface area contributed by atoms with Gasteiger partial charge in [-0.05, 0) is 37.1 Å². The Morgan fingerprint density at radius 3 is 2.77 bits per heavy atom. The van der Waals surface area contributed by atoms with Crippen LogP contribution in [0.15, 0.2) is 18.2 Å². The fraction of sp³-hybridized carbons (Fsp3) is 0.273. The van der Waals surface area contributed by atoms with Gasteiger partial charge in [0, 0.05) is 15.0 Å². The first kappa shape index (κ1) is 8.70. The largest absolute Gasteiger partial charge is 0.206 e. The van der Waals surface area contributed by atoms with Crippen LogP contribution >= 0.6 is 11.3 Å². The van der Waals surface area contributed by atoms with Crippen LogP contribution in [0.2, 0.25) is 0 Å². The fourth-order valence-corrected chi connectivity index (χ4v) is 2.57. The Morgan fingerprint density at radius 2 is 2.08 bits per heavy atom. The van der Waals surface area contributed by atoms with Crippen molar-refractivity contribution in [1.29, 1.82) is 0 Å². The van der Waals surface area contributed by atoms with E-state index in [0.717, 1.165) is 22.1 Å². The second-order valence-corrected chi connectivity index (χ2v) is 4.39. The Kier molecular flexibility index (Phi) is 2.08. The van der Waals surface area contributed by atoms with Crippen molar-refractivity contribution in [3.63, 3.8) is 0 Å². The molecule has 2 heteroatoms. The van der Waals surface area contributed by atoms with Crippen LogP contribution in [-0.4, -0.2) is 0 Å². The van der Waals surface area contributed by atoms with Gasteiger partial charge >= 0.3 is 0 Å². The van der Waals surface area contributed by atoms with Gasteiger partial charge in [0.05, 0.1) is 0 Å². The Hall–Kier alpha value is -0.890. The molecule has 0 atom stereocenters. The third-order valence-electron chi connectivity index (χ3n) is 2.13. The zero-order valence-corrected chi connectivity index (χ0v) is 8.54. The summed E-state index contributed by atoms with van der Waals surface area (Å²) in [5.74, 6) is -0.0917. The molecule has 0 N–H and O–H groups in total. The van der Waals surface area contributed by atoms with Crippen LogP contribution in [0.25, 0.3) is 10.1 Å². The van der Waals surface area contributed by atoms with Gasteiger partial charge in [-0.3, -0.25) is 0 Å². The standard InChI is InChI=1S/C11H11FS/c1-3-8-6-9-10(12)4-7(2)5-11(9)13-8/h4-6H,3H2,1-2H3. The Bertz CT molecular complexity index is 443. The van der Waals surface area contributed by atoms with Crippen LogP contribution in [-0.2, 0) is 6.42 Å². The molecule has 0 unspecified atom stereocenters. The normalized spacial score (nSPS) is 11.0. The summed E-state index contributed by atoms with van der Waals surface area (Å²) in [6.07, 6.45) is 0.984. The fourth-order valence-electron chi connectivity index (χ4n) is 1.45. The van der Waals surface area contributed by atoms with E-state index in [1.807, 2.05) is 19.1 Å². The predicted octanol–water partition coefficient (Wildman–Crippen LogP) is 3.91. The van der Waals surface area contributed by atoms with E-state index in [9.17, 15) is 4.39 Å². The van der Waals surface area contributed by atoms with E-state index in [2.05, 4.69) is 6.92 Å². The molecule has 0 aliphatic heterocycles. The average molecular weight is 194 g/mol. The molecular formula is C11H11FS. The summed E-state index contributed by atoms with van der Waals surface area (Å²) in [7, 11) is 0. The highest BCUT2D eigenvalue weighted by Gasteiger charge is 2.05. The van der Waals surface area contributed by atoms with Gasteiger partial charge < -0.3 is 0 Å². The molecule has 0 radical (unpaired) electrons. The molecule has 1 aromatic heterocycles. The van der Waals surface area contributed by atoms with Gasteiger partial charge in [0.2, 0.25) is 0 Å². The molecule has 0 amide bonds. The summed E-state index contributed by atoms with van der Waals surface area (Å²) in [5, 5.41) is 0.771. The molecule has 2 rings (SSSR count). The average Bonchev–Trinajstić information content (AvgIpc) is 2.47. The molecule has 13 heavy (non-hydrogen) atoms. The topological polar surface area (TPSA) is 0 Å². The Balaban J connectivity index is 2.75. The van der Waals surface area contributed by atoms with Crippen LogP contribution in [0.5, 0.6) is 0 Å². The summed E-state index contributed by atoms with van der Waals surface area (Å²) in [6, 6.07) is 5.59. The second kappa shape index (κ2) is 3.11. The summed E-state index contributed by atoms with van der Waals surface area (Å²) >= 11 is 1.69. The lowest BCUT2D eigenvalue weighted by Gasteiger charge is -1.94. The number of rotatable bonds is 1. The molecule has 1 heterocycles. The van der Waals surface area contributed by atoms with Gasteiger partial charge in [-0.2, -0.15) is 0 Å². The summed E-state index contributed by atoms with van der Waals surface area (Å²) in [4.78, 5) is 1.25. The first-order valence-corrected chi connectivity index (χ1v) is 5.21. The highest BCUT2D eigenvalue weighted by Crippen LogP contribution is 2.29. The third kappa shape index (κ3) is 1.46. The minimum absolute atomic E-state index is 0.0917. The van der Waals surface area contributed by atoms with E-state index in [4.69, 9.17) is 0 Å². The molecule has 68 valence electrons. The van der Waals surface area contributed by atoms with Crippen LogP contribution in [0.3, 0.4) is 0 Å². The highest BCUT2D eigenvalue weighted by molar-refractivity contribution is 7.19. The van der Waals surface area contributed by atoms with Crippen molar-refractivity contribution in [2.45, 2.75) is 20.3 Å². The molecule has 0 saturated carbocycles. The van der Waals surface area contributed by atoms with Crippen LogP contribution in [0, 0.1) is 12.7 Å². The lowest BCUT2D eigenvalue weighted by atomic mass is 10.2. The molecule has 0 spiro atoms. The maximum absolute atomic E-state index is 13.4. The molecular weight excluding hydrogens is 183 g/mol. The van der Waals surface area contributed by atoms with Crippen molar-refractivity contribution in [2.75, 3.05) is 0 Å². The maximum Gasteiger partial charge on any atom is 0.132 e. The molecule has 0 saturated heterocycles. The van der Waals surface area contributed by atoms with Gasteiger partial charge in [0.25, 0.3) is 0 Å². The zero-order valence-electron chi connectivity index (χ0n) is 7.73. The Labute approximate surface area is 81.0 Å². The SMILES string of the molecule is CCc1cc2c(F)cc(C)cc2s1. The molecule has 2 aromatic rings. The predicted molar refractivity (Wildman–Crippen MR) is 55.9 cm³/mol. The second-order valence-electron chi connectivity index (χ2n) is 3.22. The maximum atomic E-state index is 13.4. The van der Waals surface area contributed by atoms with E-state index in [1.54, 1.807) is 17.4 Å². The van der Waals surface area contributed by atoms with E-state index in [0.29, 0.717) is 0 Å². The third-order valence-corrected chi connectivity index (χ3v) is 3.36. The molecule has 0 nitrogen and oxygen atoms in total. The number of benzene rings is 1. The summed E-state index contributed by atoms with van der Waals surface area (Å²) in [5.41, 5.74) is 0.995. The molecule has 1 aromatic carbocycles. The zero-order chi connectivity index (χ0) is 9.42. The van der Waals surface area contributed by atoms with Crippen molar-refractivity contribution in [1.82, 2.24) is 0 Å². The number of fused-ring (bicyclic) bond motifs is 1. The monoisotopic (exact) mass is 194 g/mol. The van der Waals surface area contributed by atoms with Gasteiger partial charge in [-0.1, -0.05) is 6.92 Å². The van der Waals surface area contributed by atoms with E-state index >= 15 is 0 Å². The molecule has 0 bridgehead atoms. The minimum Gasteiger partial charge on any atom is -0.206 e. The van der Waals surface area contributed by atoms with E-state index < -0.39 is 0 Å². The van der Waals surface area contributed by atoms with Gasteiger partial charge in [-0.25, -0.2) is 4.39 Å². The first-order chi connectivity index (χ1) is 6.20. The lowest BCUT2D eigenvalue weighted by molar-refractivity contribution is 0.639. The number of hydrogen-bond donors (Lipinski definition) is 0. The van der Waals surface area contributed by atoms with E-state index in [1.165, 1.54) is 4.88 Å². The number of hydrogen-bond acceptors (Lipinski definition) is 1. The van der Waals surface area contributed by atoms with Crippen LogP contribution in [0.1, 0.15) is 17.4 Å². The number of halogens is 1. The van der Waals surface area contributed by atoms with Crippen LogP contribution < -0.4 is 0 Å². The smallest absolute Gasteiger partial charge is 0.132 e. The minimum atomic E-state index is -0.0917. The molecule has 0 aliphatic carbocycles. The van der Waals surface area contributed by atoms with Crippen molar-refractivity contribution in [2.24, 2.45) is 0 Å². The molecule has 0 fully saturated rings. The van der Waals surface area contributed by atoms with Crippen molar-refractivity contribution >= 4 is 21.4 Å². The van der Waals surface area contributed by atoms with Crippen LogP contribution in [0.4, 0.5) is 4.39 Å². The summed E-state index contributed by atoms with van der Waals surface area (Å²) in [6.45, 7) is 4.02. The van der Waals surface area contributed by atoms with Gasteiger partial charge in [0.1, 0.15) is 5.82 Å². The van der Waals surface area contributed by atoms with Crippen molar-refractivity contribution < 1.29 is 4.39 Å². The van der Waals surface area contributed by atoms with Crippen molar-refractivity contribution in [3.05, 3.63) is 34.5 Å². The highest BCUT2D eigenvalue weighted by atomic mass is 32.1. The lowest BCUT2D eigenvalue weighted by Crippen LogP contribution is -1.77. The number of aryl methyl sites for hydroxylation is 2. The number of thiophene rings is 1. The van der Waals surface area contributed by atoms with Gasteiger partial charge in [0.15, 0.2) is 0 Å². The Morgan fingerprint density at radius 1 is 1.31 bits per heavy atom. The van der Waals surface area contributed by atoms with Crippen molar-refractivity contribution in [3.8, 4) is 0 Å². The quantitative estimate of drug-likeness (QED) is 0.645. The molecule has 0 aliphatic rings.